The lowest BCUT2D eigenvalue weighted by molar-refractivity contribution is -0.122. The minimum Gasteiger partial charge on any atom is -0.497 e. The molecule has 4 nitrogen and oxygen atoms in total. The van der Waals surface area contributed by atoms with E-state index in [0.29, 0.717) is 12.2 Å². The number of hydrogen-bond donors (Lipinski definition) is 0. The molecule has 1 aliphatic rings. The van der Waals surface area contributed by atoms with Gasteiger partial charge in [-0.05, 0) is 42.0 Å². The topological polar surface area (TPSA) is 41.9 Å². The van der Waals surface area contributed by atoms with Gasteiger partial charge in [0.15, 0.2) is 5.17 Å². The molecule has 0 spiro atoms. The van der Waals surface area contributed by atoms with Crippen molar-refractivity contribution >= 4 is 28.9 Å². The molecule has 128 valence electrons. The molecule has 5 heteroatoms. The Morgan fingerprint density at radius 2 is 1.84 bits per heavy atom. The summed E-state index contributed by atoms with van der Waals surface area (Å²) < 4.78 is 5.16. The highest BCUT2D eigenvalue weighted by molar-refractivity contribution is 8.13. The molecule has 1 heterocycles. The third-order valence-electron chi connectivity index (χ3n) is 3.98. The first kappa shape index (κ1) is 17.3. The lowest BCUT2D eigenvalue weighted by Crippen LogP contribution is -2.32. The Morgan fingerprint density at radius 3 is 2.48 bits per heavy atom. The molecule has 0 saturated carbocycles. The van der Waals surface area contributed by atoms with Crippen molar-refractivity contribution < 1.29 is 9.53 Å². The number of carbonyl (C=O) groups excluding carboxylic acids is 1. The van der Waals surface area contributed by atoms with Crippen molar-refractivity contribution in [2.24, 2.45) is 4.99 Å². The van der Waals surface area contributed by atoms with Crippen LogP contribution in [0.2, 0.25) is 0 Å². The molecule has 0 fully saturated rings. The van der Waals surface area contributed by atoms with Crippen molar-refractivity contribution in [2.45, 2.75) is 6.42 Å². The van der Waals surface area contributed by atoms with Crippen LogP contribution >= 0.6 is 11.8 Å². The van der Waals surface area contributed by atoms with Gasteiger partial charge in [-0.25, -0.2) is 4.99 Å². The Morgan fingerprint density at radius 1 is 1.12 bits per heavy atom. The molecular weight excluding hydrogens is 332 g/mol. The lowest BCUT2D eigenvalue weighted by atomic mass is 10.1. The van der Waals surface area contributed by atoms with Gasteiger partial charge in [0, 0.05) is 6.54 Å². The zero-order valence-electron chi connectivity index (χ0n) is 14.3. The fourth-order valence-corrected chi connectivity index (χ4v) is 3.21. The molecule has 0 bridgehead atoms. The number of benzene rings is 2. The first-order valence-corrected chi connectivity index (χ1v) is 9.28. The van der Waals surface area contributed by atoms with Crippen molar-refractivity contribution in [3.63, 3.8) is 0 Å². The highest BCUT2D eigenvalue weighted by Crippen LogP contribution is 2.23. The van der Waals surface area contributed by atoms with Crippen LogP contribution in [0.15, 0.2) is 65.3 Å². The average Bonchev–Trinajstić information content (AvgIpc) is 2.96. The second kappa shape index (κ2) is 8.03. The normalized spacial score (nSPS) is 15.6. The number of rotatable bonds is 5. The van der Waals surface area contributed by atoms with Crippen LogP contribution < -0.4 is 4.74 Å². The molecule has 0 unspecified atom stereocenters. The number of aliphatic imine (C=N–C) groups is 1. The van der Waals surface area contributed by atoms with E-state index < -0.39 is 0 Å². The van der Waals surface area contributed by atoms with E-state index in [1.54, 1.807) is 12.0 Å². The van der Waals surface area contributed by atoms with E-state index in [4.69, 9.17) is 4.74 Å². The van der Waals surface area contributed by atoms with Gasteiger partial charge < -0.3 is 4.74 Å². The highest BCUT2D eigenvalue weighted by atomic mass is 32.2. The fraction of sp³-hybridized carbons (Fsp3) is 0.200. The summed E-state index contributed by atoms with van der Waals surface area (Å²) in [5, 5.41) is 0.751. The number of amides is 1. The SMILES string of the molecule is COc1ccc(/C=C2\N=C(SC)N(CCc3ccccc3)C2=O)cc1. The zero-order chi connectivity index (χ0) is 17.6. The summed E-state index contributed by atoms with van der Waals surface area (Å²) in [7, 11) is 1.63. The predicted octanol–water partition coefficient (Wildman–Crippen LogP) is 3.84. The van der Waals surface area contributed by atoms with E-state index in [2.05, 4.69) is 17.1 Å². The third kappa shape index (κ3) is 4.12. The Hall–Kier alpha value is -2.53. The quantitative estimate of drug-likeness (QED) is 0.768. The minimum absolute atomic E-state index is 0.0453. The van der Waals surface area contributed by atoms with Gasteiger partial charge in [-0.3, -0.25) is 9.69 Å². The van der Waals surface area contributed by atoms with Gasteiger partial charge in [0.1, 0.15) is 11.4 Å². The van der Waals surface area contributed by atoms with Gasteiger partial charge in [-0.15, -0.1) is 0 Å². The van der Waals surface area contributed by atoms with Gasteiger partial charge >= 0.3 is 0 Å². The molecule has 25 heavy (non-hydrogen) atoms. The van der Waals surface area contributed by atoms with Gasteiger partial charge in [0.05, 0.1) is 7.11 Å². The maximum Gasteiger partial charge on any atom is 0.278 e. The van der Waals surface area contributed by atoms with E-state index in [0.717, 1.165) is 22.9 Å². The third-order valence-corrected chi connectivity index (χ3v) is 4.66. The van der Waals surface area contributed by atoms with Crippen molar-refractivity contribution in [2.75, 3.05) is 19.9 Å². The van der Waals surface area contributed by atoms with Crippen molar-refractivity contribution in [1.82, 2.24) is 4.90 Å². The maximum absolute atomic E-state index is 12.7. The van der Waals surface area contributed by atoms with Crippen LogP contribution in [-0.2, 0) is 11.2 Å². The molecular formula is C20H20N2O2S. The smallest absolute Gasteiger partial charge is 0.278 e. The Balaban J connectivity index is 1.75. The van der Waals surface area contributed by atoms with Crippen LogP contribution in [0.25, 0.3) is 6.08 Å². The predicted molar refractivity (Wildman–Crippen MR) is 104 cm³/mol. The van der Waals surface area contributed by atoms with Gasteiger partial charge in [0.25, 0.3) is 5.91 Å². The molecule has 0 atom stereocenters. The van der Waals surface area contributed by atoms with Gasteiger partial charge in [0.2, 0.25) is 0 Å². The van der Waals surface area contributed by atoms with Gasteiger partial charge in [-0.2, -0.15) is 0 Å². The highest BCUT2D eigenvalue weighted by Gasteiger charge is 2.29. The molecule has 3 rings (SSSR count). The van der Waals surface area contributed by atoms with Crippen LogP contribution in [-0.4, -0.2) is 35.9 Å². The molecule has 0 N–H and O–H groups in total. The number of nitrogens with zero attached hydrogens (tertiary/aromatic N) is 2. The summed E-state index contributed by atoms with van der Waals surface area (Å²) in [6.07, 6.45) is 4.57. The van der Waals surface area contributed by atoms with E-state index in [9.17, 15) is 4.79 Å². The zero-order valence-corrected chi connectivity index (χ0v) is 15.1. The maximum atomic E-state index is 12.7. The van der Waals surface area contributed by atoms with Crippen molar-refractivity contribution in [1.29, 1.82) is 0 Å². The molecule has 0 aromatic heterocycles. The molecule has 0 saturated heterocycles. The van der Waals surface area contributed by atoms with Crippen LogP contribution in [0.5, 0.6) is 5.75 Å². The van der Waals surface area contributed by atoms with Crippen LogP contribution in [0.3, 0.4) is 0 Å². The molecule has 2 aromatic carbocycles. The monoisotopic (exact) mass is 352 g/mol. The lowest BCUT2D eigenvalue weighted by Gasteiger charge is -2.16. The first-order chi connectivity index (χ1) is 12.2. The number of methoxy groups -OCH3 is 1. The van der Waals surface area contributed by atoms with Crippen molar-refractivity contribution in [3.8, 4) is 5.75 Å². The first-order valence-electron chi connectivity index (χ1n) is 8.05. The summed E-state index contributed by atoms with van der Waals surface area (Å²) >= 11 is 1.49. The summed E-state index contributed by atoms with van der Waals surface area (Å²) in [5.74, 6) is 0.744. The van der Waals surface area contributed by atoms with Crippen LogP contribution in [0.4, 0.5) is 0 Å². The number of hydrogen-bond acceptors (Lipinski definition) is 4. The van der Waals surface area contributed by atoms with E-state index in [1.807, 2.05) is 54.8 Å². The molecule has 2 aromatic rings. The summed E-state index contributed by atoms with van der Waals surface area (Å²) in [6, 6.07) is 17.7. The van der Waals surface area contributed by atoms with Crippen molar-refractivity contribution in [3.05, 3.63) is 71.4 Å². The number of thioether (sulfide) groups is 1. The average molecular weight is 352 g/mol. The summed E-state index contributed by atoms with van der Waals surface area (Å²) in [4.78, 5) is 19.0. The Bertz CT molecular complexity index is 798. The molecule has 1 amide bonds. The fourth-order valence-electron chi connectivity index (χ4n) is 2.63. The van der Waals surface area contributed by atoms with Crippen LogP contribution in [0.1, 0.15) is 11.1 Å². The molecule has 0 radical (unpaired) electrons. The second-order valence-electron chi connectivity index (χ2n) is 5.59. The second-order valence-corrected chi connectivity index (χ2v) is 6.37. The summed E-state index contributed by atoms with van der Waals surface area (Å²) in [6.45, 7) is 0.627. The molecule has 1 aliphatic heterocycles. The van der Waals surface area contributed by atoms with E-state index in [-0.39, 0.29) is 5.91 Å². The number of ether oxygens (including phenoxy) is 1. The van der Waals surface area contributed by atoms with E-state index >= 15 is 0 Å². The Labute approximate surface area is 152 Å². The number of amidine groups is 1. The minimum atomic E-state index is -0.0453. The largest absolute Gasteiger partial charge is 0.497 e. The Kier molecular flexibility index (Phi) is 5.56. The summed E-state index contributed by atoms with van der Waals surface area (Å²) in [5.41, 5.74) is 2.61. The van der Waals surface area contributed by atoms with Crippen LogP contribution in [0, 0.1) is 0 Å². The van der Waals surface area contributed by atoms with E-state index in [1.165, 1.54) is 17.3 Å². The number of carbonyl (C=O) groups is 1. The molecule has 0 aliphatic carbocycles. The van der Waals surface area contributed by atoms with Gasteiger partial charge in [-0.1, -0.05) is 54.2 Å². The standard InChI is InChI=1S/C20H20N2O2S/c1-24-17-10-8-16(9-11-17)14-18-19(23)22(20(21-18)25-2)13-12-15-6-4-3-5-7-15/h3-11,14H,12-13H2,1-2H3/b18-14-.